The largest absolute Gasteiger partial charge is 0.130 e. The highest BCUT2D eigenvalue weighted by Gasteiger charge is 2.17. The summed E-state index contributed by atoms with van der Waals surface area (Å²) in [5.74, 6) is 0. The summed E-state index contributed by atoms with van der Waals surface area (Å²) in [4.78, 5) is 1.40. The van der Waals surface area contributed by atoms with Gasteiger partial charge in [-0.15, -0.1) is 11.3 Å². The van der Waals surface area contributed by atoms with Gasteiger partial charge in [0.05, 0.1) is 13.6 Å². The summed E-state index contributed by atoms with van der Waals surface area (Å²) in [6.07, 6.45) is 0. The fourth-order valence-corrected chi connectivity index (χ4v) is 4.28. The van der Waals surface area contributed by atoms with Gasteiger partial charge in [0.15, 0.2) is 0 Å². The van der Waals surface area contributed by atoms with Crippen LogP contribution in [0.3, 0.4) is 0 Å². The van der Waals surface area contributed by atoms with Crippen molar-refractivity contribution < 1.29 is 0 Å². The molecule has 2 rings (SSSR count). The predicted molar refractivity (Wildman–Crippen MR) is 92.9 cm³/mol. The Hall–Kier alpha value is 0.170. The third-order valence-corrected chi connectivity index (χ3v) is 6.85. The number of hydrogen-bond acceptors (Lipinski definition) is 1. The molecule has 1 aromatic carbocycles. The first-order valence-electron chi connectivity index (χ1n) is 5.98. The van der Waals surface area contributed by atoms with E-state index in [1.165, 1.54) is 16.0 Å². The van der Waals surface area contributed by atoms with Gasteiger partial charge >= 0.3 is 0 Å². The molecule has 19 heavy (non-hydrogen) atoms. The topological polar surface area (TPSA) is 0 Å². The maximum atomic E-state index is 6.09. The van der Waals surface area contributed by atoms with Gasteiger partial charge in [0.25, 0.3) is 0 Å². The number of benzene rings is 1. The van der Waals surface area contributed by atoms with Gasteiger partial charge in [0, 0.05) is 4.88 Å². The fraction of sp³-hybridized carbons (Fsp3) is 0.333. The third kappa shape index (κ3) is 3.63. The average Bonchev–Trinajstić information content (AvgIpc) is 2.68. The Labute approximate surface area is 140 Å². The molecule has 0 aliphatic carbocycles. The van der Waals surface area contributed by atoms with Crippen molar-refractivity contribution in [2.75, 3.05) is 0 Å². The molecular weight excluding hydrogens is 407 g/mol. The average molecular weight is 423 g/mol. The Balaban J connectivity index is 2.27. The Morgan fingerprint density at radius 2 is 1.74 bits per heavy atom. The van der Waals surface area contributed by atoms with Crippen LogP contribution in [0.1, 0.15) is 41.6 Å². The Morgan fingerprint density at radius 1 is 1.16 bits per heavy atom. The van der Waals surface area contributed by atoms with E-state index in [-0.39, 0.29) is 10.2 Å². The van der Waals surface area contributed by atoms with Crippen molar-refractivity contribution in [1.82, 2.24) is 0 Å². The van der Waals surface area contributed by atoms with E-state index in [9.17, 15) is 0 Å². The summed E-state index contributed by atoms with van der Waals surface area (Å²) in [5, 5.41) is 0.774. The molecule has 1 heterocycles. The highest BCUT2D eigenvalue weighted by Crippen LogP contribution is 2.41. The maximum absolute atomic E-state index is 6.09. The van der Waals surface area contributed by atoms with Crippen LogP contribution in [-0.4, -0.2) is 0 Å². The number of hydrogen-bond donors (Lipinski definition) is 0. The van der Waals surface area contributed by atoms with Crippen LogP contribution in [0.2, 0.25) is 5.02 Å². The summed E-state index contributed by atoms with van der Waals surface area (Å²) in [7, 11) is 0. The molecule has 0 fully saturated rings. The summed E-state index contributed by atoms with van der Waals surface area (Å²) in [6.45, 7) is 6.68. The van der Waals surface area contributed by atoms with Crippen LogP contribution in [0.5, 0.6) is 0 Å². The first-order chi connectivity index (χ1) is 8.79. The normalized spacial score (nSPS) is 13.6. The second-order valence-corrected chi connectivity index (χ2v) is 9.23. The van der Waals surface area contributed by atoms with Crippen LogP contribution in [-0.2, 0) is 5.41 Å². The van der Waals surface area contributed by atoms with Gasteiger partial charge in [0.2, 0.25) is 0 Å². The lowest BCUT2D eigenvalue weighted by Gasteiger charge is -2.19. The molecule has 0 bridgehead atoms. The minimum absolute atomic E-state index is 0.190. The molecule has 4 heteroatoms. The van der Waals surface area contributed by atoms with Gasteiger partial charge in [0.1, 0.15) is 0 Å². The van der Waals surface area contributed by atoms with E-state index >= 15 is 0 Å². The van der Waals surface area contributed by atoms with Gasteiger partial charge in [-0.25, -0.2) is 0 Å². The number of alkyl halides is 1. The summed E-state index contributed by atoms with van der Waals surface area (Å²) >= 11 is 15.0. The standard InChI is InChI=1S/C15H15Br2ClS/c1-15(2,3)10-6-4-9(5-7-10)13(16)12-8-11(18)14(17)19-12/h4-8,13H,1-3H3. The molecule has 0 aliphatic heterocycles. The lowest BCUT2D eigenvalue weighted by Crippen LogP contribution is -2.10. The van der Waals surface area contributed by atoms with Crippen molar-refractivity contribution >= 4 is 54.8 Å². The summed E-state index contributed by atoms with van der Waals surface area (Å²) in [6, 6.07) is 10.8. The molecule has 2 aromatic rings. The number of halogens is 3. The first-order valence-corrected chi connectivity index (χ1v) is 8.88. The monoisotopic (exact) mass is 420 g/mol. The van der Waals surface area contributed by atoms with E-state index < -0.39 is 0 Å². The number of thiophene rings is 1. The van der Waals surface area contributed by atoms with E-state index in [2.05, 4.69) is 76.9 Å². The van der Waals surface area contributed by atoms with Crippen LogP contribution in [0.25, 0.3) is 0 Å². The van der Waals surface area contributed by atoms with Crippen molar-refractivity contribution in [3.8, 4) is 0 Å². The highest BCUT2D eigenvalue weighted by atomic mass is 79.9. The molecule has 102 valence electrons. The predicted octanol–water partition coefficient (Wildman–Crippen LogP) is 6.95. The Bertz CT molecular complexity index is 547. The summed E-state index contributed by atoms with van der Waals surface area (Å²) < 4.78 is 0.986. The molecule has 0 N–H and O–H groups in total. The van der Waals surface area contributed by atoms with Crippen molar-refractivity contribution in [3.63, 3.8) is 0 Å². The van der Waals surface area contributed by atoms with Crippen LogP contribution in [0.15, 0.2) is 34.1 Å². The van der Waals surface area contributed by atoms with Crippen molar-refractivity contribution in [3.05, 3.63) is 55.1 Å². The smallest absolute Gasteiger partial charge is 0.0887 e. The molecule has 0 saturated heterocycles. The fourth-order valence-electron chi connectivity index (χ4n) is 1.80. The van der Waals surface area contributed by atoms with E-state index in [0.717, 1.165) is 8.81 Å². The van der Waals surface area contributed by atoms with Crippen LogP contribution in [0, 0.1) is 0 Å². The number of rotatable bonds is 2. The van der Waals surface area contributed by atoms with E-state index in [1.807, 2.05) is 6.07 Å². The molecule has 1 aromatic heterocycles. The molecule has 0 spiro atoms. The Morgan fingerprint density at radius 3 is 2.16 bits per heavy atom. The van der Waals surface area contributed by atoms with Gasteiger partial charge in [-0.3, -0.25) is 0 Å². The minimum atomic E-state index is 0.190. The quantitative estimate of drug-likeness (QED) is 0.460. The van der Waals surface area contributed by atoms with Crippen LogP contribution >= 0.6 is 54.8 Å². The van der Waals surface area contributed by atoms with Crippen LogP contribution in [0.4, 0.5) is 0 Å². The molecule has 0 nitrogen and oxygen atoms in total. The molecule has 0 saturated carbocycles. The zero-order valence-electron chi connectivity index (χ0n) is 11.0. The zero-order valence-corrected chi connectivity index (χ0v) is 15.8. The third-order valence-electron chi connectivity index (χ3n) is 2.98. The van der Waals surface area contributed by atoms with Gasteiger partial charge in [-0.05, 0) is 38.5 Å². The summed E-state index contributed by atoms with van der Waals surface area (Å²) in [5.41, 5.74) is 2.79. The lowest BCUT2D eigenvalue weighted by atomic mass is 9.86. The minimum Gasteiger partial charge on any atom is -0.130 e. The highest BCUT2D eigenvalue weighted by molar-refractivity contribution is 9.11. The molecule has 0 aliphatic rings. The maximum Gasteiger partial charge on any atom is 0.0887 e. The molecule has 1 unspecified atom stereocenters. The second kappa shape index (κ2) is 5.88. The van der Waals surface area contributed by atoms with Gasteiger partial charge in [-0.1, -0.05) is 72.6 Å². The second-order valence-electron chi connectivity index (χ2n) is 5.50. The lowest BCUT2D eigenvalue weighted by molar-refractivity contribution is 0.590. The SMILES string of the molecule is CC(C)(C)c1ccc(C(Br)c2cc(Cl)c(Br)s2)cc1. The molecule has 1 atom stereocenters. The van der Waals surface area contributed by atoms with Crippen molar-refractivity contribution in [2.45, 2.75) is 31.0 Å². The zero-order chi connectivity index (χ0) is 14.2. The van der Waals surface area contributed by atoms with Crippen molar-refractivity contribution in [1.29, 1.82) is 0 Å². The van der Waals surface area contributed by atoms with E-state index in [1.54, 1.807) is 11.3 Å². The van der Waals surface area contributed by atoms with E-state index in [4.69, 9.17) is 11.6 Å². The molecule has 0 radical (unpaired) electrons. The Kier molecular flexibility index (Phi) is 4.82. The van der Waals surface area contributed by atoms with Gasteiger partial charge in [-0.2, -0.15) is 0 Å². The van der Waals surface area contributed by atoms with Crippen molar-refractivity contribution in [2.24, 2.45) is 0 Å². The van der Waals surface area contributed by atoms with Gasteiger partial charge < -0.3 is 0 Å². The molecule has 0 amide bonds. The first kappa shape index (κ1) is 15.6. The van der Waals surface area contributed by atoms with Crippen LogP contribution < -0.4 is 0 Å². The van der Waals surface area contributed by atoms with E-state index in [0.29, 0.717) is 0 Å². The molecular formula is C15H15Br2ClS.